The summed E-state index contributed by atoms with van der Waals surface area (Å²) in [6, 6.07) is 16.2. The predicted octanol–water partition coefficient (Wildman–Crippen LogP) is 5.36. The average Bonchev–Trinajstić information content (AvgIpc) is 3.22. The van der Waals surface area contributed by atoms with Crippen LogP contribution >= 0.6 is 11.6 Å². The summed E-state index contributed by atoms with van der Waals surface area (Å²) >= 11 is 6.23. The summed E-state index contributed by atoms with van der Waals surface area (Å²) in [6.07, 6.45) is 3.56. The van der Waals surface area contributed by atoms with Gasteiger partial charge in [0.15, 0.2) is 5.78 Å². The highest BCUT2D eigenvalue weighted by Gasteiger charge is 2.16. The molecule has 1 aliphatic rings. The first-order valence-corrected chi connectivity index (χ1v) is 12.1. The number of morpholine rings is 1. The first-order chi connectivity index (χ1) is 16.0. The second kappa shape index (κ2) is 11.1. The maximum atomic E-state index is 12.6. The predicted molar refractivity (Wildman–Crippen MR) is 134 cm³/mol. The van der Waals surface area contributed by atoms with E-state index in [1.54, 1.807) is 0 Å². The van der Waals surface area contributed by atoms with Crippen LogP contribution in [0.5, 0.6) is 0 Å². The number of aromatic nitrogens is 2. The zero-order valence-electron chi connectivity index (χ0n) is 19.5. The number of benzene rings is 2. The van der Waals surface area contributed by atoms with Gasteiger partial charge in [0.2, 0.25) is 0 Å². The Morgan fingerprint density at radius 1 is 1.09 bits per heavy atom. The smallest absolute Gasteiger partial charge is 0.152 e. The maximum Gasteiger partial charge on any atom is 0.152 e. The maximum absolute atomic E-state index is 12.6. The molecule has 0 spiro atoms. The summed E-state index contributed by atoms with van der Waals surface area (Å²) in [4.78, 5) is 19.9. The summed E-state index contributed by atoms with van der Waals surface area (Å²) in [5.41, 5.74) is 4.13. The largest absolute Gasteiger partial charge is 0.379 e. The zero-order valence-corrected chi connectivity index (χ0v) is 20.2. The highest BCUT2D eigenvalue weighted by Crippen LogP contribution is 2.27. The van der Waals surface area contributed by atoms with E-state index in [2.05, 4.69) is 43.0 Å². The monoisotopic (exact) mass is 465 g/mol. The molecule has 2 heterocycles. The second-order valence-corrected chi connectivity index (χ2v) is 9.56. The van der Waals surface area contributed by atoms with Crippen molar-refractivity contribution in [1.82, 2.24) is 14.5 Å². The van der Waals surface area contributed by atoms with E-state index in [0.717, 1.165) is 61.9 Å². The molecular formula is C27H32ClN3O2. The molecule has 0 N–H and O–H groups in total. The van der Waals surface area contributed by atoms with E-state index in [1.165, 1.54) is 5.56 Å². The molecule has 0 radical (unpaired) electrons. The van der Waals surface area contributed by atoms with Crippen LogP contribution in [0.2, 0.25) is 5.02 Å². The normalized spacial score (nSPS) is 14.7. The van der Waals surface area contributed by atoms with Crippen LogP contribution in [0.15, 0.2) is 54.7 Å². The highest BCUT2D eigenvalue weighted by atomic mass is 35.5. The van der Waals surface area contributed by atoms with E-state index < -0.39 is 0 Å². The molecule has 0 unspecified atom stereocenters. The van der Waals surface area contributed by atoms with Crippen molar-refractivity contribution in [2.24, 2.45) is 5.92 Å². The number of ketones is 1. The number of halogens is 1. The van der Waals surface area contributed by atoms with Gasteiger partial charge in [0.05, 0.1) is 25.5 Å². The molecule has 1 saturated heterocycles. The third-order valence-electron chi connectivity index (χ3n) is 5.91. The van der Waals surface area contributed by atoms with Crippen molar-refractivity contribution < 1.29 is 9.53 Å². The lowest BCUT2D eigenvalue weighted by Crippen LogP contribution is -2.37. The van der Waals surface area contributed by atoms with Gasteiger partial charge in [-0.05, 0) is 30.0 Å². The van der Waals surface area contributed by atoms with Crippen molar-refractivity contribution in [3.05, 3.63) is 65.3 Å². The van der Waals surface area contributed by atoms with Gasteiger partial charge in [-0.15, -0.1) is 0 Å². The molecule has 2 aromatic carbocycles. The van der Waals surface area contributed by atoms with Gasteiger partial charge in [-0.3, -0.25) is 9.69 Å². The molecule has 1 fully saturated rings. The first kappa shape index (κ1) is 23.7. The minimum Gasteiger partial charge on any atom is -0.379 e. The number of rotatable bonds is 9. The number of imidazole rings is 1. The van der Waals surface area contributed by atoms with Crippen LogP contribution in [-0.2, 0) is 22.5 Å². The van der Waals surface area contributed by atoms with E-state index in [4.69, 9.17) is 21.3 Å². The Morgan fingerprint density at radius 3 is 2.55 bits per heavy atom. The number of hydrogen-bond acceptors (Lipinski definition) is 4. The number of carbonyl (C=O) groups is 1. The van der Waals surface area contributed by atoms with Gasteiger partial charge in [0.1, 0.15) is 5.82 Å². The highest BCUT2D eigenvalue weighted by molar-refractivity contribution is 6.30. The minimum absolute atomic E-state index is 0.204. The average molecular weight is 466 g/mol. The van der Waals surface area contributed by atoms with Crippen LogP contribution in [0.1, 0.15) is 25.8 Å². The molecule has 33 heavy (non-hydrogen) atoms. The lowest BCUT2D eigenvalue weighted by molar-refractivity contribution is -0.120. The van der Waals surface area contributed by atoms with Crippen LogP contribution in [-0.4, -0.2) is 53.1 Å². The van der Waals surface area contributed by atoms with Crippen LogP contribution < -0.4 is 0 Å². The fraction of sp³-hybridized carbons (Fsp3) is 0.407. The molecule has 5 nitrogen and oxygen atoms in total. The third-order valence-corrected chi connectivity index (χ3v) is 6.15. The van der Waals surface area contributed by atoms with Gasteiger partial charge in [-0.25, -0.2) is 4.98 Å². The molecule has 0 atom stereocenters. The van der Waals surface area contributed by atoms with Crippen LogP contribution in [0.3, 0.4) is 0 Å². The standard InChI is InChI=1S/C27H32ClN3O2/c1-20(2)16-25(32)18-31-19-26(29-27(31)23-4-3-5-24(28)17-23)22-8-6-21(7-9-22)10-11-30-12-14-33-15-13-30/h3-9,17,19-20H,10-16,18H2,1-2H3. The molecular weight excluding hydrogens is 434 g/mol. The SMILES string of the molecule is CC(C)CC(=O)Cn1cc(-c2ccc(CCN3CCOCC3)cc2)nc1-c1cccc(Cl)c1. The Morgan fingerprint density at radius 2 is 1.85 bits per heavy atom. The topological polar surface area (TPSA) is 47.4 Å². The lowest BCUT2D eigenvalue weighted by atomic mass is 10.1. The number of carbonyl (C=O) groups excluding carboxylic acids is 1. The molecule has 0 saturated carbocycles. The van der Waals surface area contributed by atoms with Crippen molar-refractivity contribution >= 4 is 17.4 Å². The van der Waals surface area contributed by atoms with Crippen LogP contribution in [0.4, 0.5) is 0 Å². The number of nitrogens with zero attached hydrogens (tertiary/aromatic N) is 3. The van der Waals surface area contributed by atoms with Gasteiger partial charge >= 0.3 is 0 Å². The summed E-state index contributed by atoms with van der Waals surface area (Å²) in [6.45, 7) is 9.17. The molecule has 1 aliphatic heterocycles. The number of Topliss-reactive ketones (excluding diaryl/α,β-unsaturated/α-hetero) is 1. The Kier molecular flexibility index (Phi) is 7.97. The number of hydrogen-bond donors (Lipinski definition) is 0. The van der Waals surface area contributed by atoms with E-state index in [9.17, 15) is 4.79 Å². The van der Waals surface area contributed by atoms with Gasteiger partial charge < -0.3 is 9.30 Å². The van der Waals surface area contributed by atoms with E-state index in [0.29, 0.717) is 23.9 Å². The van der Waals surface area contributed by atoms with Crippen LogP contribution in [0, 0.1) is 5.92 Å². The summed E-state index contributed by atoms with van der Waals surface area (Å²) in [7, 11) is 0. The summed E-state index contributed by atoms with van der Waals surface area (Å²) in [5, 5.41) is 0.654. The van der Waals surface area contributed by atoms with E-state index in [-0.39, 0.29) is 5.78 Å². The molecule has 6 heteroatoms. The van der Waals surface area contributed by atoms with Gasteiger partial charge in [0, 0.05) is 48.4 Å². The Bertz CT molecular complexity index is 1070. The van der Waals surface area contributed by atoms with Crippen molar-refractivity contribution in [3.8, 4) is 22.6 Å². The molecule has 174 valence electrons. The first-order valence-electron chi connectivity index (χ1n) is 11.7. The quantitative estimate of drug-likeness (QED) is 0.426. The fourth-order valence-electron chi connectivity index (χ4n) is 4.20. The molecule has 3 aromatic rings. The Labute approximate surface area is 201 Å². The molecule has 4 rings (SSSR count). The van der Waals surface area contributed by atoms with Crippen molar-refractivity contribution in [1.29, 1.82) is 0 Å². The van der Waals surface area contributed by atoms with Gasteiger partial charge in [-0.1, -0.05) is 61.8 Å². The van der Waals surface area contributed by atoms with E-state index in [1.807, 2.05) is 35.0 Å². The van der Waals surface area contributed by atoms with Crippen molar-refractivity contribution in [3.63, 3.8) is 0 Å². The van der Waals surface area contributed by atoms with E-state index >= 15 is 0 Å². The van der Waals surface area contributed by atoms with Crippen molar-refractivity contribution in [2.45, 2.75) is 33.2 Å². The minimum atomic E-state index is 0.204. The molecule has 1 aromatic heterocycles. The van der Waals surface area contributed by atoms with Gasteiger partial charge in [-0.2, -0.15) is 0 Å². The molecule has 0 aliphatic carbocycles. The molecule has 0 amide bonds. The van der Waals surface area contributed by atoms with Crippen LogP contribution in [0.25, 0.3) is 22.6 Å². The molecule has 0 bridgehead atoms. The van der Waals surface area contributed by atoms with Crippen molar-refractivity contribution in [2.75, 3.05) is 32.8 Å². The Hall–Kier alpha value is -2.47. The summed E-state index contributed by atoms with van der Waals surface area (Å²) < 4.78 is 7.39. The zero-order chi connectivity index (χ0) is 23.2. The third kappa shape index (κ3) is 6.53. The number of ether oxygens (including phenoxy) is 1. The van der Waals surface area contributed by atoms with Gasteiger partial charge in [0.25, 0.3) is 0 Å². The fourth-order valence-corrected chi connectivity index (χ4v) is 4.39. The second-order valence-electron chi connectivity index (χ2n) is 9.13. The lowest BCUT2D eigenvalue weighted by Gasteiger charge is -2.26. The Balaban J connectivity index is 1.54. The summed E-state index contributed by atoms with van der Waals surface area (Å²) in [5.74, 6) is 1.30.